The van der Waals surface area contributed by atoms with Gasteiger partial charge in [0.15, 0.2) is 0 Å². The molecule has 0 aliphatic rings. The highest BCUT2D eigenvalue weighted by Crippen LogP contribution is 2.15. The van der Waals surface area contributed by atoms with Crippen LogP contribution in [0.5, 0.6) is 5.75 Å². The summed E-state index contributed by atoms with van der Waals surface area (Å²) in [6, 6.07) is 5.63. The minimum absolute atomic E-state index is 0.158. The molecule has 1 aromatic rings. The van der Waals surface area contributed by atoms with Crippen LogP contribution in [0.25, 0.3) is 0 Å². The predicted molar refractivity (Wildman–Crippen MR) is 64.5 cm³/mol. The minimum Gasteiger partial charge on any atom is -0.497 e. The van der Waals surface area contributed by atoms with Crippen LogP contribution in [0, 0.1) is 0 Å². The molecule has 5 nitrogen and oxygen atoms in total. The number of rotatable bonds is 6. The van der Waals surface area contributed by atoms with Gasteiger partial charge in [-0.1, -0.05) is 6.92 Å². The number of hydrogen-bond acceptors (Lipinski definition) is 4. The highest BCUT2D eigenvalue weighted by molar-refractivity contribution is 7.89. The van der Waals surface area contributed by atoms with Crippen LogP contribution in [-0.2, 0) is 10.0 Å². The van der Waals surface area contributed by atoms with Gasteiger partial charge in [0.2, 0.25) is 10.0 Å². The summed E-state index contributed by atoms with van der Waals surface area (Å²) in [5.74, 6) is 0.596. The Morgan fingerprint density at radius 2 is 1.94 bits per heavy atom. The molecule has 0 saturated heterocycles. The normalized spacial score (nSPS) is 13.4. The van der Waals surface area contributed by atoms with Gasteiger partial charge in [-0.15, -0.1) is 0 Å². The zero-order valence-electron chi connectivity index (χ0n) is 9.88. The molecular weight excluding hydrogens is 242 g/mol. The second-order valence-electron chi connectivity index (χ2n) is 3.58. The Labute approximate surface area is 101 Å². The van der Waals surface area contributed by atoms with E-state index >= 15 is 0 Å². The maximum absolute atomic E-state index is 11.9. The van der Waals surface area contributed by atoms with Crippen molar-refractivity contribution in [2.45, 2.75) is 24.3 Å². The third-order valence-corrected chi connectivity index (χ3v) is 3.94. The average Bonchev–Trinajstić information content (AvgIpc) is 2.36. The van der Waals surface area contributed by atoms with Crippen molar-refractivity contribution in [3.8, 4) is 5.75 Å². The molecule has 0 amide bonds. The van der Waals surface area contributed by atoms with Gasteiger partial charge in [-0.25, -0.2) is 13.1 Å². The number of methoxy groups -OCH3 is 1. The van der Waals surface area contributed by atoms with Gasteiger partial charge in [0.05, 0.1) is 18.6 Å². The molecule has 1 rings (SSSR count). The van der Waals surface area contributed by atoms with E-state index in [9.17, 15) is 8.42 Å². The summed E-state index contributed by atoms with van der Waals surface area (Å²) in [7, 11) is -2.06. The number of ether oxygens (including phenoxy) is 1. The van der Waals surface area contributed by atoms with Crippen LogP contribution in [0.2, 0.25) is 0 Å². The largest absolute Gasteiger partial charge is 0.497 e. The second-order valence-corrected chi connectivity index (χ2v) is 5.30. The molecule has 0 spiro atoms. The summed E-state index contributed by atoms with van der Waals surface area (Å²) in [4.78, 5) is 0.158. The quantitative estimate of drug-likeness (QED) is 0.790. The number of aliphatic hydroxyl groups excluding tert-OH is 1. The smallest absolute Gasteiger partial charge is 0.240 e. The molecule has 2 N–H and O–H groups in total. The molecule has 0 aliphatic carbocycles. The molecule has 1 unspecified atom stereocenters. The fourth-order valence-corrected chi connectivity index (χ4v) is 2.60. The molecule has 17 heavy (non-hydrogen) atoms. The number of hydrogen-bond donors (Lipinski definition) is 2. The van der Waals surface area contributed by atoms with E-state index in [2.05, 4.69) is 4.72 Å². The molecule has 6 heteroatoms. The second kappa shape index (κ2) is 6.00. The van der Waals surface area contributed by atoms with Gasteiger partial charge in [-0.3, -0.25) is 0 Å². The zero-order valence-corrected chi connectivity index (χ0v) is 10.7. The summed E-state index contributed by atoms with van der Waals surface area (Å²) in [5.41, 5.74) is 0. The van der Waals surface area contributed by atoms with E-state index in [0.29, 0.717) is 12.2 Å². The Morgan fingerprint density at radius 3 is 2.35 bits per heavy atom. The first kappa shape index (κ1) is 14.0. The zero-order chi connectivity index (χ0) is 12.9. The van der Waals surface area contributed by atoms with Gasteiger partial charge < -0.3 is 9.84 Å². The van der Waals surface area contributed by atoms with E-state index in [1.54, 1.807) is 19.1 Å². The fraction of sp³-hybridized carbons (Fsp3) is 0.455. The van der Waals surface area contributed by atoms with E-state index in [1.165, 1.54) is 19.2 Å². The van der Waals surface area contributed by atoms with E-state index in [1.807, 2.05) is 0 Å². The van der Waals surface area contributed by atoms with Gasteiger partial charge in [0.1, 0.15) is 5.75 Å². The first-order chi connectivity index (χ1) is 8.03. The third kappa shape index (κ3) is 3.69. The van der Waals surface area contributed by atoms with Gasteiger partial charge in [0.25, 0.3) is 0 Å². The standard InChI is InChI=1S/C11H17NO4S/c1-3-9(8-13)12-17(14,15)11-6-4-10(16-2)5-7-11/h4-7,9,12-13H,3,8H2,1-2H3. The van der Waals surface area contributed by atoms with Crippen molar-refractivity contribution in [1.82, 2.24) is 4.72 Å². The monoisotopic (exact) mass is 259 g/mol. The Morgan fingerprint density at radius 1 is 1.35 bits per heavy atom. The fourth-order valence-electron chi connectivity index (χ4n) is 1.29. The molecule has 0 aromatic heterocycles. The van der Waals surface area contributed by atoms with Gasteiger partial charge in [-0.05, 0) is 30.7 Å². The van der Waals surface area contributed by atoms with Crippen LogP contribution in [0.15, 0.2) is 29.2 Å². The molecule has 0 radical (unpaired) electrons. The average molecular weight is 259 g/mol. The van der Waals surface area contributed by atoms with E-state index in [-0.39, 0.29) is 11.5 Å². The summed E-state index contributed by atoms with van der Waals surface area (Å²) < 4.78 is 31.2. The van der Waals surface area contributed by atoms with Gasteiger partial charge >= 0.3 is 0 Å². The van der Waals surface area contributed by atoms with Crippen LogP contribution in [0.4, 0.5) is 0 Å². The van der Waals surface area contributed by atoms with Crippen molar-refractivity contribution >= 4 is 10.0 Å². The summed E-state index contributed by atoms with van der Waals surface area (Å²) in [6.07, 6.45) is 0.534. The van der Waals surface area contributed by atoms with Crippen molar-refractivity contribution in [3.05, 3.63) is 24.3 Å². The van der Waals surface area contributed by atoms with Crippen LogP contribution in [-0.4, -0.2) is 33.3 Å². The summed E-state index contributed by atoms with van der Waals surface area (Å²) in [5, 5.41) is 8.97. The van der Waals surface area contributed by atoms with Gasteiger partial charge in [0, 0.05) is 6.04 Å². The Hall–Kier alpha value is -1.11. The molecule has 1 atom stereocenters. The van der Waals surface area contributed by atoms with E-state index in [4.69, 9.17) is 9.84 Å². The van der Waals surface area contributed by atoms with Crippen LogP contribution in [0.1, 0.15) is 13.3 Å². The highest BCUT2D eigenvalue weighted by atomic mass is 32.2. The van der Waals surface area contributed by atoms with Crippen molar-refractivity contribution in [3.63, 3.8) is 0 Å². The van der Waals surface area contributed by atoms with Crippen molar-refractivity contribution in [2.24, 2.45) is 0 Å². The van der Waals surface area contributed by atoms with Crippen molar-refractivity contribution in [2.75, 3.05) is 13.7 Å². The lowest BCUT2D eigenvalue weighted by Crippen LogP contribution is -2.36. The van der Waals surface area contributed by atoms with E-state index < -0.39 is 16.1 Å². The SMILES string of the molecule is CCC(CO)NS(=O)(=O)c1ccc(OC)cc1. The summed E-state index contributed by atoms with van der Waals surface area (Å²) in [6.45, 7) is 1.59. The van der Waals surface area contributed by atoms with Crippen molar-refractivity contribution < 1.29 is 18.3 Å². The molecule has 0 fully saturated rings. The predicted octanol–water partition coefficient (Wildman–Crippen LogP) is 0.744. The lowest BCUT2D eigenvalue weighted by Gasteiger charge is -2.14. The van der Waals surface area contributed by atoms with Crippen LogP contribution in [0.3, 0.4) is 0 Å². The minimum atomic E-state index is -3.57. The van der Waals surface area contributed by atoms with E-state index in [0.717, 1.165) is 0 Å². The van der Waals surface area contributed by atoms with Gasteiger partial charge in [-0.2, -0.15) is 0 Å². The maximum Gasteiger partial charge on any atom is 0.240 e. The molecule has 0 bridgehead atoms. The number of benzene rings is 1. The molecular formula is C11H17NO4S. The lowest BCUT2D eigenvalue weighted by atomic mass is 10.3. The topological polar surface area (TPSA) is 75.6 Å². The Balaban J connectivity index is 2.89. The maximum atomic E-state index is 11.9. The number of sulfonamides is 1. The Kier molecular flexibility index (Phi) is 4.92. The molecule has 0 saturated carbocycles. The summed E-state index contributed by atoms with van der Waals surface area (Å²) >= 11 is 0. The highest BCUT2D eigenvalue weighted by Gasteiger charge is 2.18. The Bertz CT molecular complexity index is 437. The number of nitrogens with one attached hydrogen (secondary N) is 1. The lowest BCUT2D eigenvalue weighted by molar-refractivity contribution is 0.254. The number of aliphatic hydroxyl groups is 1. The molecule has 1 aromatic carbocycles. The molecule has 0 aliphatic heterocycles. The van der Waals surface area contributed by atoms with Crippen LogP contribution < -0.4 is 9.46 Å². The molecule has 96 valence electrons. The molecule has 0 heterocycles. The third-order valence-electron chi connectivity index (χ3n) is 2.40. The van der Waals surface area contributed by atoms with Crippen molar-refractivity contribution in [1.29, 1.82) is 0 Å². The van der Waals surface area contributed by atoms with Crippen LogP contribution >= 0.6 is 0 Å². The first-order valence-electron chi connectivity index (χ1n) is 5.30. The first-order valence-corrected chi connectivity index (χ1v) is 6.79.